The van der Waals surface area contributed by atoms with Gasteiger partial charge in [0.2, 0.25) is 0 Å². The van der Waals surface area contributed by atoms with Crippen LogP contribution in [0.5, 0.6) is 0 Å². The summed E-state index contributed by atoms with van der Waals surface area (Å²) in [6.07, 6.45) is 10.1. The monoisotopic (exact) mass is 510 g/mol. The van der Waals surface area contributed by atoms with Crippen LogP contribution in [0.1, 0.15) is 33.7 Å². The average Bonchev–Trinajstić information content (AvgIpc) is 2.91. The van der Waals surface area contributed by atoms with E-state index in [0.29, 0.717) is 5.57 Å². The number of hydrogen-bond donors (Lipinski definition) is 1. The van der Waals surface area contributed by atoms with Crippen LogP contribution in [0.4, 0.5) is 0 Å². The van der Waals surface area contributed by atoms with Crippen LogP contribution in [0.15, 0.2) is 121 Å². The van der Waals surface area contributed by atoms with Gasteiger partial charge in [0, 0.05) is 24.0 Å². The fraction of sp³-hybridized carbons (Fsp3) is 0.0741. The molecule has 2 aromatic carbocycles. The number of carbonyl (C=O) groups excluding carboxylic acids is 2. The fourth-order valence-electron chi connectivity index (χ4n) is 3.48. The molecule has 4 rings (SSSR count). The van der Waals surface area contributed by atoms with Gasteiger partial charge >= 0.3 is 25.2 Å². The van der Waals surface area contributed by atoms with Crippen molar-refractivity contribution in [2.45, 2.75) is 12.1 Å². The number of pyridine rings is 1. The number of ketones is 1. The minimum absolute atomic E-state index is 0.0791. The number of amides is 1. The van der Waals surface area contributed by atoms with E-state index in [4.69, 9.17) is 0 Å². The van der Waals surface area contributed by atoms with Crippen LogP contribution in [0, 0.1) is 0 Å². The second-order valence-corrected chi connectivity index (χ2v) is 7.24. The zero-order valence-corrected chi connectivity index (χ0v) is 20.0. The number of benzene rings is 2. The third kappa shape index (κ3) is 6.78. The molecule has 7 heteroatoms. The zero-order chi connectivity index (χ0) is 24.2. The van der Waals surface area contributed by atoms with E-state index in [1.54, 1.807) is 42.7 Å². The van der Waals surface area contributed by atoms with Crippen molar-refractivity contribution < 1.29 is 24.7 Å². The van der Waals surface area contributed by atoms with Crippen LogP contribution >= 0.6 is 10.1 Å². The number of aromatic nitrogens is 1. The predicted octanol–water partition coefficient (Wildman–Crippen LogP) is 5.93. The van der Waals surface area contributed by atoms with Crippen LogP contribution in [0.25, 0.3) is 5.32 Å². The molecule has 0 aliphatic heterocycles. The summed E-state index contributed by atoms with van der Waals surface area (Å²) < 4.78 is 0. The number of nitrogens with zero attached hydrogens (tertiary/aromatic N) is 2. The first-order valence-electron chi connectivity index (χ1n) is 10.5. The van der Waals surface area contributed by atoms with Crippen LogP contribution < -0.4 is 5.32 Å². The number of rotatable bonds is 7. The molecule has 5 nitrogen and oxygen atoms in total. The molecular formula is C27H22ClMnN3O2. The maximum absolute atomic E-state index is 13.0. The van der Waals surface area contributed by atoms with Gasteiger partial charge in [-0.25, -0.2) is 0 Å². The van der Waals surface area contributed by atoms with Crippen molar-refractivity contribution in [1.82, 2.24) is 10.3 Å². The zero-order valence-electron chi connectivity index (χ0n) is 18.1. The van der Waals surface area contributed by atoms with E-state index in [0.717, 1.165) is 11.1 Å². The Labute approximate surface area is 211 Å². The quantitative estimate of drug-likeness (QED) is 0.316. The Morgan fingerprint density at radius 1 is 0.882 bits per heavy atom. The third-order valence-electron chi connectivity index (χ3n) is 5.09. The summed E-state index contributed by atoms with van der Waals surface area (Å²) in [4.78, 5) is 29.3. The SMILES string of the molecule is O=C1C=CC=C/C1=C/N[C@H](c1ccccc1)[C@H]([N-]C(=O)c1ccccn1)c1ccccc1.[Cl][Mn+]. The molecule has 1 aliphatic carbocycles. The van der Waals surface area contributed by atoms with Gasteiger partial charge in [-0.15, -0.1) is 0 Å². The second-order valence-electron chi connectivity index (χ2n) is 7.24. The molecule has 0 unspecified atom stereocenters. The summed E-state index contributed by atoms with van der Waals surface area (Å²) >= 11 is 2.41. The maximum atomic E-state index is 13.0. The van der Waals surface area contributed by atoms with Gasteiger partial charge in [-0.1, -0.05) is 90.5 Å². The molecule has 1 aromatic heterocycles. The Balaban J connectivity index is 0.00000158. The van der Waals surface area contributed by atoms with E-state index in [-0.39, 0.29) is 17.5 Å². The van der Waals surface area contributed by atoms with Crippen LogP contribution in [-0.2, 0) is 19.9 Å². The summed E-state index contributed by atoms with van der Waals surface area (Å²) in [7, 11) is 4.45. The Morgan fingerprint density at radius 2 is 1.50 bits per heavy atom. The van der Waals surface area contributed by atoms with Crippen molar-refractivity contribution in [3.63, 3.8) is 0 Å². The average molecular weight is 511 g/mol. The molecule has 0 radical (unpaired) electrons. The van der Waals surface area contributed by atoms with Crippen molar-refractivity contribution in [2.75, 3.05) is 0 Å². The first kappa shape index (κ1) is 25.2. The van der Waals surface area contributed by atoms with Gasteiger partial charge in [-0.3, -0.25) is 9.78 Å². The van der Waals surface area contributed by atoms with Gasteiger partial charge in [-0.05, 0) is 29.8 Å². The molecule has 0 fully saturated rings. The molecule has 2 atom stereocenters. The minimum atomic E-state index is -0.539. The Hall–Kier alpha value is -3.44. The molecule has 3 aromatic rings. The molecule has 0 saturated heterocycles. The predicted molar refractivity (Wildman–Crippen MR) is 131 cm³/mol. The Morgan fingerprint density at radius 3 is 2.12 bits per heavy atom. The van der Waals surface area contributed by atoms with Gasteiger partial charge in [0.05, 0.1) is 5.69 Å². The summed E-state index contributed by atoms with van der Waals surface area (Å²) in [5.74, 6) is -0.476. The van der Waals surface area contributed by atoms with E-state index in [9.17, 15) is 9.59 Å². The van der Waals surface area contributed by atoms with Crippen molar-refractivity contribution in [2.24, 2.45) is 0 Å². The normalized spacial score (nSPS) is 15.1. The second kappa shape index (κ2) is 13.3. The van der Waals surface area contributed by atoms with E-state index < -0.39 is 11.9 Å². The van der Waals surface area contributed by atoms with E-state index >= 15 is 0 Å². The van der Waals surface area contributed by atoms with E-state index in [1.165, 1.54) is 6.08 Å². The van der Waals surface area contributed by atoms with Gasteiger partial charge in [0.1, 0.15) is 5.91 Å². The van der Waals surface area contributed by atoms with E-state index in [2.05, 4.69) is 40.8 Å². The van der Waals surface area contributed by atoms with Crippen molar-refractivity contribution in [3.05, 3.63) is 143 Å². The first-order valence-corrected chi connectivity index (χ1v) is 12.1. The number of carbonyl (C=O) groups is 2. The van der Waals surface area contributed by atoms with Gasteiger partial charge in [0.15, 0.2) is 5.78 Å². The third-order valence-corrected chi connectivity index (χ3v) is 5.09. The first-order chi connectivity index (χ1) is 16.7. The molecule has 1 N–H and O–H groups in total. The molecule has 171 valence electrons. The molecule has 1 aliphatic rings. The summed E-state index contributed by atoms with van der Waals surface area (Å²) in [5.41, 5.74) is 2.64. The van der Waals surface area contributed by atoms with Crippen LogP contribution in [0.3, 0.4) is 0 Å². The Kier molecular flexibility index (Phi) is 9.86. The fourth-order valence-corrected chi connectivity index (χ4v) is 3.48. The molecule has 1 heterocycles. The topological polar surface area (TPSA) is 73.2 Å². The Bertz CT molecular complexity index is 1170. The van der Waals surface area contributed by atoms with Crippen molar-refractivity contribution in [3.8, 4) is 0 Å². The van der Waals surface area contributed by atoms with Crippen molar-refractivity contribution in [1.29, 1.82) is 0 Å². The van der Waals surface area contributed by atoms with E-state index in [1.807, 2.05) is 66.7 Å². The van der Waals surface area contributed by atoms with Crippen molar-refractivity contribution >= 4 is 21.8 Å². The summed E-state index contributed by atoms with van der Waals surface area (Å²) in [6.45, 7) is 0. The molecule has 0 bridgehead atoms. The summed E-state index contributed by atoms with van der Waals surface area (Å²) in [6, 6.07) is 23.7. The standard InChI is InChI=1S/C27H23N3O2.ClH.Mn/c31-24-17-8-7-15-22(24)19-29-25(20-11-3-1-4-12-20)26(21-13-5-2-6-14-21)30-27(32)23-16-9-10-18-28-23;;/h1-19,25-26H,(H2,29,30,31,32);1H;/q;;+2/p-2/t25-,26-;;/m1../s1. The van der Waals surface area contributed by atoms with Crippen LogP contribution in [0.2, 0.25) is 0 Å². The molecule has 1 amide bonds. The number of halogens is 1. The molecule has 0 spiro atoms. The van der Waals surface area contributed by atoms with Gasteiger partial charge < -0.3 is 15.4 Å². The number of hydrogen-bond acceptors (Lipinski definition) is 4. The van der Waals surface area contributed by atoms with Gasteiger partial charge in [-0.2, -0.15) is 0 Å². The van der Waals surface area contributed by atoms with Crippen LogP contribution in [-0.4, -0.2) is 16.7 Å². The molecular weight excluding hydrogens is 489 g/mol. The van der Waals surface area contributed by atoms with Gasteiger partial charge in [0.25, 0.3) is 0 Å². The number of allylic oxidation sites excluding steroid dienone is 5. The number of nitrogens with one attached hydrogen (secondary N) is 1. The molecule has 34 heavy (non-hydrogen) atoms. The summed E-state index contributed by atoms with van der Waals surface area (Å²) in [5, 5.41) is 7.92. The molecule has 0 saturated carbocycles.